The van der Waals surface area contributed by atoms with Gasteiger partial charge in [0.1, 0.15) is 0 Å². The molecule has 146 valence electrons. The van der Waals surface area contributed by atoms with Gasteiger partial charge in [-0.05, 0) is 42.7 Å². The topological polar surface area (TPSA) is 0 Å². The molecule has 0 amide bonds. The van der Waals surface area contributed by atoms with Crippen LogP contribution in [0.2, 0.25) is 0 Å². The molecular weight excluding hydrogens is 352 g/mol. The number of hydrogen-bond acceptors (Lipinski definition) is 0. The lowest BCUT2D eigenvalue weighted by atomic mass is 9.97. The average Bonchev–Trinajstić information content (AvgIpc) is 3.49. The van der Waals surface area contributed by atoms with E-state index in [-0.39, 0.29) is 5.56 Å². The van der Waals surface area contributed by atoms with Crippen molar-refractivity contribution in [3.8, 4) is 11.1 Å². The van der Waals surface area contributed by atoms with E-state index in [0.29, 0.717) is 12.8 Å². The second kappa shape index (κ2) is 8.90. The van der Waals surface area contributed by atoms with Gasteiger partial charge in [-0.1, -0.05) is 63.3 Å². The highest BCUT2D eigenvalue weighted by atomic mass is 19.2. The molecule has 0 aliphatic heterocycles. The first-order valence-corrected chi connectivity index (χ1v) is 9.99. The zero-order chi connectivity index (χ0) is 19.4. The molecule has 3 rings (SSSR count). The Balaban J connectivity index is 1.72. The molecule has 0 radical (unpaired) electrons. The summed E-state index contributed by atoms with van der Waals surface area (Å²) in [6.07, 6.45) is 9.19. The SMILES string of the molecule is CCCCCCCCc1ccc(-c2c(F)c(F)c(C3CC3)c(F)c2F)cc1. The lowest BCUT2D eigenvalue weighted by Crippen LogP contribution is -2.05. The van der Waals surface area contributed by atoms with Gasteiger partial charge in [-0.25, -0.2) is 17.6 Å². The second-order valence-electron chi connectivity index (χ2n) is 7.53. The van der Waals surface area contributed by atoms with Crippen LogP contribution in [-0.2, 0) is 6.42 Å². The third-order valence-electron chi connectivity index (χ3n) is 5.34. The monoisotopic (exact) mass is 378 g/mol. The Morgan fingerprint density at radius 3 is 1.85 bits per heavy atom. The van der Waals surface area contributed by atoms with Gasteiger partial charge >= 0.3 is 0 Å². The molecule has 1 fully saturated rings. The Morgan fingerprint density at radius 1 is 0.741 bits per heavy atom. The molecule has 1 aliphatic carbocycles. The largest absolute Gasteiger partial charge is 0.203 e. The van der Waals surface area contributed by atoms with E-state index in [2.05, 4.69) is 6.92 Å². The maximum atomic E-state index is 14.4. The highest BCUT2D eigenvalue weighted by Crippen LogP contribution is 2.45. The molecule has 0 heterocycles. The number of aryl methyl sites for hydroxylation is 1. The Hall–Kier alpha value is -1.84. The summed E-state index contributed by atoms with van der Waals surface area (Å²) in [4.78, 5) is 0. The smallest absolute Gasteiger partial charge is 0.170 e. The second-order valence-corrected chi connectivity index (χ2v) is 7.53. The maximum absolute atomic E-state index is 14.4. The van der Waals surface area contributed by atoms with Crippen LogP contribution in [0.15, 0.2) is 24.3 Å². The number of halogens is 4. The number of benzene rings is 2. The first-order valence-electron chi connectivity index (χ1n) is 9.99. The standard InChI is InChI=1S/C23H26F4/c1-2-3-4-5-6-7-8-15-9-11-16(12-10-15)18-20(24)22(26)19(17-13-14-17)23(27)21(18)25/h9-12,17H,2-8,13-14H2,1H3. The Labute approximate surface area is 158 Å². The molecule has 0 nitrogen and oxygen atoms in total. The average molecular weight is 378 g/mol. The normalized spacial score (nSPS) is 14.0. The number of unbranched alkanes of at least 4 members (excludes halogenated alkanes) is 5. The zero-order valence-electron chi connectivity index (χ0n) is 15.8. The van der Waals surface area contributed by atoms with E-state index in [1.807, 2.05) is 0 Å². The van der Waals surface area contributed by atoms with Crippen molar-refractivity contribution in [1.82, 2.24) is 0 Å². The fraction of sp³-hybridized carbons (Fsp3) is 0.478. The van der Waals surface area contributed by atoms with Crippen LogP contribution in [0.1, 0.15) is 75.3 Å². The van der Waals surface area contributed by atoms with Crippen molar-refractivity contribution in [1.29, 1.82) is 0 Å². The van der Waals surface area contributed by atoms with E-state index in [1.54, 1.807) is 24.3 Å². The third-order valence-corrected chi connectivity index (χ3v) is 5.34. The van der Waals surface area contributed by atoms with Crippen LogP contribution in [0.4, 0.5) is 17.6 Å². The minimum atomic E-state index is -1.29. The van der Waals surface area contributed by atoms with Crippen molar-refractivity contribution in [3.05, 3.63) is 58.7 Å². The zero-order valence-corrected chi connectivity index (χ0v) is 15.8. The third kappa shape index (κ3) is 4.53. The van der Waals surface area contributed by atoms with Gasteiger partial charge < -0.3 is 0 Å². The minimum Gasteiger partial charge on any atom is -0.203 e. The van der Waals surface area contributed by atoms with Gasteiger partial charge in [-0.3, -0.25) is 0 Å². The minimum absolute atomic E-state index is 0.164. The molecule has 2 aromatic rings. The molecular formula is C23H26F4. The van der Waals surface area contributed by atoms with Crippen LogP contribution in [-0.4, -0.2) is 0 Å². The van der Waals surface area contributed by atoms with E-state index in [1.165, 1.54) is 25.7 Å². The molecule has 2 aromatic carbocycles. The molecule has 27 heavy (non-hydrogen) atoms. The molecule has 0 atom stereocenters. The first kappa shape index (κ1) is 19.9. The van der Waals surface area contributed by atoms with Gasteiger partial charge in [0.05, 0.1) is 5.56 Å². The van der Waals surface area contributed by atoms with Crippen molar-refractivity contribution in [2.45, 2.75) is 70.6 Å². The lowest BCUT2D eigenvalue weighted by Gasteiger charge is -2.12. The lowest BCUT2D eigenvalue weighted by molar-refractivity contribution is 0.443. The van der Waals surface area contributed by atoms with Gasteiger partial charge in [-0.2, -0.15) is 0 Å². The summed E-state index contributed by atoms with van der Waals surface area (Å²) < 4.78 is 57.4. The highest BCUT2D eigenvalue weighted by molar-refractivity contribution is 5.66. The summed E-state index contributed by atoms with van der Waals surface area (Å²) in [7, 11) is 0. The van der Waals surface area contributed by atoms with Gasteiger partial charge in [0.2, 0.25) is 0 Å². The summed E-state index contributed by atoms with van der Waals surface area (Å²) in [5.41, 5.74) is 0.177. The molecule has 1 saturated carbocycles. The summed E-state index contributed by atoms with van der Waals surface area (Å²) in [6.45, 7) is 2.18. The summed E-state index contributed by atoms with van der Waals surface area (Å²) >= 11 is 0. The van der Waals surface area contributed by atoms with Crippen LogP contribution in [0.3, 0.4) is 0 Å². The Kier molecular flexibility index (Phi) is 6.56. The van der Waals surface area contributed by atoms with E-state index >= 15 is 0 Å². The van der Waals surface area contributed by atoms with E-state index < -0.39 is 40.3 Å². The van der Waals surface area contributed by atoms with Crippen LogP contribution < -0.4 is 0 Å². The summed E-state index contributed by atoms with van der Waals surface area (Å²) in [5, 5.41) is 0. The van der Waals surface area contributed by atoms with Gasteiger partial charge in [0.15, 0.2) is 23.3 Å². The van der Waals surface area contributed by atoms with Crippen molar-refractivity contribution in [3.63, 3.8) is 0 Å². The summed E-state index contributed by atoms with van der Waals surface area (Å²) in [5.74, 6) is -5.48. The van der Waals surface area contributed by atoms with Crippen molar-refractivity contribution in [2.24, 2.45) is 0 Å². The Morgan fingerprint density at radius 2 is 1.30 bits per heavy atom. The van der Waals surface area contributed by atoms with Crippen LogP contribution in [0.25, 0.3) is 11.1 Å². The Bertz CT molecular complexity index is 747. The molecule has 0 unspecified atom stereocenters. The van der Waals surface area contributed by atoms with Crippen molar-refractivity contribution in [2.75, 3.05) is 0 Å². The first-order chi connectivity index (χ1) is 13.0. The fourth-order valence-electron chi connectivity index (χ4n) is 3.58. The number of rotatable bonds is 9. The van der Waals surface area contributed by atoms with E-state index in [9.17, 15) is 17.6 Å². The molecule has 0 spiro atoms. The van der Waals surface area contributed by atoms with Crippen molar-refractivity contribution < 1.29 is 17.6 Å². The van der Waals surface area contributed by atoms with E-state index in [4.69, 9.17) is 0 Å². The van der Waals surface area contributed by atoms with Gasteiger partial charge in [0.25, 0.3) is 0 Å². The quantitative estimate of drug-likeness (QED) is 0.238. The van der Waals surface area contributed by atoms with Crippen LogP contribution in [0, 0.1) is 23.3 Å². The summed E-state index contributed by atoms with van der Waals surface area (Å²) in [6, 6.07) is 6.66. The molecule has 0 saturated heterocycles. The van der Waals surface area contributed by atoms with Gasteiger partial charge in [-0.15, -0.1) is 0 Å². The highest BCUT2D eigenvalue weighted by Gasteiger charge is 2.35. The molecule has 1 aliphatic rings. The predicted octanol–water partition coefficient (Wildman–Crippen LogP) is 7.69. The van der Waals surface area contributed by atoms with E-state index in [0.717, 1.165) is 24.8 Å². The number of hydrogen-bond donors (Lipinski definition) is 0. The molecule has 4 heteroatoms. The molecule has 0 aromatic heterocycles. The fourth-order valence-corrected chi connectivity index (χ4v) is 3.58. The molecule has 0 N–H and O–H groups in total. The van der Waals surface area contributed by atoms with Crippen LogP contribution >= 0.6 is 0 Å². The predicted molar refractivity (Wildman–Crippen MR) is 101 cm³/mol. The maximum Gasteiger partial charge on any atom is 0.170 e. The van der Waals surface area contributed by atoms with Crippen molar-refractivity contribution >= 4 is 0 Å². The van der Waals surface area contributed by atoms with Gasteiger partial charge in [0, 0.05) is 5.56 Å². The van der Waals surface area contributed by atoms with Crippen LogP contribution in [0.5, 0.6) is 0 Å². The molecule has 0 bridgehead atoms.